The van der Waals surface area contributed by atoms with E-state index < -0.39 is 0 Å². The Kier molecular flexibility index (Phi) is 4.57. The predicted octanol–water partition coefficient (Wildman–Crippen LogP) is 3.38. The topological polar surface area (TPSA) is 26.0 Å². The highest BCUT2D eigenvalue weighted by molar-refractivity contribution is 5.54. The molecule has 1 aromatic rings. The molecule has 1 heteroatoms. The number of rotatable bonds is 5. The fourth-order valence-electron chi connectivity index (χ4n) is 1.77. The summed E-state index contributed by atoms with van der Waals surface area (Å²) in [5, 5.41) is 0. The van der Waals surface area contributed by atoms with E-state index >= 15 is 0 Å². The van der Waals surface area contributed by atoms with E-state index in [0.717, 1.165) is 12.3 Å². The lowest BCUT2D eigenvalue weighted by Crippen LogP contribution is -2.05. The fourth-order valence-corrected chi connectivity index (χ4v) is 1.77. The first-order valence-electron chi connectivity index (χ1n) is 5.62. The van der Waals surface area contributed by atoms with E-state index in [9.17, 15) is 0 Å². The van der Waals surface area contributed by atoms with Crippen LogP contribution in [0.3, 0.4) is 0 Å². The zero-order chi connectivity index (χ0) is 11.3. The highest BCUT2D eigenvalue weighted by atomic mass is 14.5. The van der Waals surface area contributed by atoms with Gasteiger partial charge in [0.15, 0.2) is 0 Å². The first kappa shape index (κ1) is 12.0. The van der Waals surface area contributed by atoms with Crippen LogP contribution in [0.25, 0.3) is 6.08 Å². The van der Waals surface area contributed by atoms with Gasteiger partial charge in [-0.1, -0.05) is 44.7 Å². The summed E-state index contributed by atoms with van der Waals surface area (Å²) in [4.78, 5) is 0. The van der Waals surface area contributed by atoms with Gasteiger partial charge in [-0.15, -0.1) is 0 Å². The maximum atomic E-state index is 5.79. The first-order valence-corrected chi connectivity index (χ1v) is 5.62. The van der Waals surface area contributed by atoms with E-state index in [4.69, 9.17) is 5.73 Å². The second-order valence-corrected chi connectivity index (χ2v) is 4.33. The van der Waals surface area contributed by atoms with Crippen molar-refractivity contribution >= 4 is 6.08 Å². The van der Waals surface area contributed by atoms with Gasteiger partial charge in [-0.05, 0) is 35.4 Å². The fraction of sp³-hybridized carbons (Fsp3) is 0.429. The summed E-state index contributed by atoms with van der Waals surface area (Å²) in [7, 11) is 0. The van der Waals surface area contributed by atoms with Crippen LogP contribution in [0.5, 0.6) is 0 Å². The standard InChI is InChI=1S/C14H21N/c1-4-12-6-5-7-13(14(12)10-15)9-8-11(2)3/h4-7,11H,1,8-10,15H2,2-3H3. The summed E-state index contributed by atoms with van der Waals surface area (Å²) in [5.74, 6) is 0.739. The van der Waals surface area contributed by atoms with Crippen molar-refractivity contribution in [3.05, 3.63) is 41.5 Å². The van der Waals surface area contributed by atoms with Crippen molar-refractivity contribution in [2.45, 2.75) is 33.2 Å². The van der Waals surface area contributed by atoms with Crippen LogP contribution < -0.4 is 5.73 Å². The minimum absolute atomic E-state index is 0.607. The second-order valence-electron chi connectivity index (χ2n) is 4.33. The van der Waals surface area contributed by atoms with Crippen molar-refractivity contribution in [3.8, 4) is 0 Å². The van der Waals surface area contributed by atoms with Crippen molar-refractivity contribution in [1.82, 2.24) is 0 Å². The molecule has 15 heavy (non-hydrogen) atoms. The minimum Gasteiger partial charge on any atom is -0.326 e. The summed E-state index contributed by atoms with van der Waals surface area (Å²) in [5.41, 5.74) is 9.60. The molecule has 82 valence electrons. The average Bonchev–Trinajstić information content (AvgIpc) is 2.25. The molecule has 0 bridgehead atoms. The molecule has 1 nitrogen and oxygen atoms in total. The number of hydrogen-bond acceptors (Lipinski definition) is 1. The Labute approximate surface area is 93.0 Å². The molecule has 1 aromatic carbocycles. The maximum Gasteiger partial charge on any atom is 0.0186 e. The smallest absolute Gasteiger partial charge is 0.0186 e. The second kappa shape index (κ2) is 5.72. The quantitative estimate of drug-likeness (QED) is 0.780. The van der Waals surface area contributed by atoms with Crippen LogP contribution in [0.15, 0.2) is 24.8 Å². The highest BCUT2D eigenvalue weighted by Crippen LogP contribution is 2.18. The third-order valence-corrected chi connectivity index (χ3v) is 2.72. The van der Waals surface area contributed by atoms with Gasteiger partial charge in [0.25, 0.3) is 0 Å². The van der Waals surface area contributed by atoms with E-state index in [1.165, 1.54) is 23.1 Å². The number of benzene rings is 1. The molecule has 0 aliphatic rings. The zero-order valence-electron chi connectivity index (χ0n) is 9.79. The molecule has 0 spiro atoms. The molecule has 0 amide bonds. The molecule has 0 radical (unpaired) electrons. The monoisotopic (exact) mass is 203 g/mol. The predicted molar refractivity (Wildman–Crippen MR) is 67.6 cm³/mol. The highest BCUT2D eigenvalue weighted by Gasteiger charge is 2.05. The molecule has 0 saturated heterocycles. The summed E-state index contributed by atoms with van der Waals surface area (Å²) >= 11 is 0. The minimum atomic E-state index is 0.607. The van der Waals surface area contributed by atoms with Crippen LogP contribution in [-0.4, -0.2) is 0 Å². The lowest BCUT2D eigenvalue weighted by Gasteiger charge is -2.12. The molecule has 2 N–H and O–H groups in total. The van der Waals surface area contributed by atoms with Gasteiger partial charge >= 0.3 is 0 Å². The largest absolute Gasteiger partial charge is 0.326 e. The molecule has 0 heterocycles. The summed E-state index contributed by atoms with van der Waals surface area (Å²) in [6.07, 6.45) is 4.22. The molecule has 0 saturated carbocycles. The van der Waals surface area contributed by atoms with Crippen molar-refractivity contribution in [1.29, 1.82) is 0 Å². The summed E-state index contributed by atoms with van der Waals surface area (Å²) < 4.78 is 0. The normalized spacial score (nSPS) is 10.7. The molecule has 0 fully saturated rings. The van der Waals surface area contributed by atoms with Gasteiger partial charge in [0, 0.05) is 6.54 Å². The molecule has 0 atom stereocenters. The lowest BCUT2D eigenvalue weighted by atomic mass is 9.95. The Morgan fingerprint density at radius 1 is 1.40 bits per heavy atom. The van der Waals surface area contributed by atoms with Crippen LogP contribution in [0, 0.1) is 5.92 Å². The van der Waals surface area contributed by atoms with Gasteiger partial charge in [-0.2, -0.15) is 0 Å². The molecule has 0 unspecified atom stereocenters. The number of aryl methyl sites for hydroxylation is 1. The zero-order valence-corrected chi connectivity index (χ0v) is 9.79. The third kappa shape index (κ3) is 3.21. The van der Waals surface area contributed by atoms with Gasteiger partial charge < -0.3 is 5.73 Å². The van der Waals surface area contributed by atoms with E-state index in [1.807, 2.05) is 6.08 Å². The Hall–Kier alpha value is -1.08. The average molecular weight is 203 g/mol. The molecular formula is C14H21N. The SMILES string of the molecule is C=Cc1cccc(CCC(C)C)c1CN. The van der Waals surface area contributed by atoms with E-state index in [0.29, 0.717) is 6.54 Å². The van der Waals surface area contributed by atoms with Crippen LogP contribution in [0.1, 0.15) is 37.0 Å². The van der Waals surface area contributed by atoms with E-state index in [1.54, 1.807) is 0 Å². The van der Waals surface area contributed by atoms with E-state index in [2.05, 4.69) is 38.6 Å². The van der Waals surface area contributed by atoms with E-state index in [-0.39, 0.29) is 0 Å². The molecule has 1 rings (SSSR count). The molecular weight excluding hydrogens is 182 g/mol. The lowest BCUT2D eigenvalue weighted by molar-refractivity contribution is 0.585. The van der Waals surface area contributed by atoms with Crippen LogP contribution in [-0.2, 0) is 13.0 Å². The molecule has 0 aliphatic carbocycles. The van der Waals surface area contributed by atoms with Crippen LogP contribution >= 0.6 is 0 Å². The molecule has 0 aromatic heterocycles. The molecule has 0 aliphatic heterocycles. The Morgan fingerprint density at radius 3 is 2.67 bits per heavy atom. The van der Waals surface area contributed by atoms with Gasteiger partial charge in [0.05, 0.1) is 0 Å². The van der Waals surface area contributed by atoms with Crippen LogP contribution in [0.2, 0.25) is 0 Å². The van der Waals surface area contributed by atoms with Crippen LogP contribution in [0.4, 0.5) is 0 Å². The van der Waals surface area contributed by atoms with Crippen molar-refractivity contribution in [2.75, 3.05) is 0 Å². The van der Waals surface area contributed by atoms with Crippen molar-refractivity contribution in [2.24, 2.45) is 11.7 Å². The Morgan fingerprint density at radius 2 is 2.13 bits per heavy atom. The van der Waals surface area contributed by atoms with Gasteiger partial charge in [0.1, 0.15) is 0 Å². The number of hydrogen-bond donors (Lipinski definition) is 1. The Balaban J connectivity index is 2.90. The summed E-state index contributed by atoms with van der Waals surface area (Å²) in [6, 6.07) is 6.34. The first-order chi connectivity index (χ1) is 7.19. The third-order valence-electron chi connectivity index (χ3n) is 2.72. The van der Waals surface area contributed by atoms with Gasteiger partial charge in [-0.3, -0.25) is 0 Å². The van der Waals surface area contributed by atoms with Crippen molar-refractivity contribution < 1.29 is 0 Å². The Bertz CT molecular complexity index is 326. The van der Waals surface area contributed by atoms with Gasteiger partial charge in [0.2, 0.25) is 0 Å². The maximum absolute atomic E-state index is 5.79. The number of nitrogens with two attached hydrogens (primary N) is 1. The summed E-state index contributed by atoms with van der Waals surface area (Å²) in [6.45, 7) is 8.93. The van der Waals surface area contributed by atoms with Gasteiger partial charge in [-0.25, -0.2) is 0 Å². The van der Waals surface area contributed by atoms with Crippen molar-refractivity contribution in [3.63, 3.8) is 0 Å².